The Balaban J connectivity index is 1.19. The van der Waals surface area contributed by atoms with Crippen LogP contribution in [0.2, 0.25) is 0 Å². The van der Waals surface area contributed by atoms with E-state index in [2.05, 4.69) is 15.3 Å². The molecule has 3 heterocycles. The van der Waals surface area contributed by atoms with Gasteiger partial charge in [-0.2, -0.15) is 4.31 Å². The first-order valence-corrected chi connectivity index (χ1v) is 13.2. The second kappa shape index (κ2) is 11.0. The van der Waals surface area contributed by atoms with Crippen LogP contribution in [0.15, 0.2) is 42.7 Å². The third-order valence-corrected chi connectivity index (χ3v) is 8.18. The predicted molar refractivity (Wildman–Crippen MR) is 131 cm³/mol. The van der Waals surface area contributed by atoms with Gasteiger partial charge in [-0.3, -0.25) is 9.59 Å². The maximum absolute atomic E-state index is 12.7. The molecule has 2 aromatic rings. The molecule has 2 amide bonds. The van der Waals surface area contributed by atoms with Crippen LogP contribution in [0.25, 0.3) is 0 Å². The number of carbonyl (C=O) groups excluding carboxylic acids is 2. The summed E-state index contributed by atoms with van der Waals surface area (Å²) in [4.78, 5) is 37.0. The van der Waals surface area contributed by atoms with Crippen molar-refractivity contribution in [1.82, 2.24) is 19.6 Å². The van der Waals surface area contributed by atoms with Gasteiger partial charge in [0, 0.05) is 63.8 Å². The lowest BCUT2D eigenvalue weighted by atomic mass is 10.1. The summed E-state index contributed by atoms with van der Waals surface area (Å²) in [6.45, 7) is 2.34. The van der Waals surface area contributed by atoms with Crippen LogP contribution in [-0.4, -0.2) is 86.6 Å². The Bertz CT molecular complexity index is 1120. The van der Waals surface area contributed by atoms with Gasteiger partial charge in [-0.15, -0.1) is 0 Å². The first-order valence-electron chi connectivity index (χ1n) is 11.6. The van der Waals surface area contributed by atoms with Gasteiger partial charge in [-0.05, 0) is 36.8 Å². The molecule has 11 nitrogen and oxygen atoms in total. The standard InChI is InChI=1S/C23H30N6O5S/c1-34-20-6-4-19(5-7-20)29-17-18(16-21(29)30)22(31)24-10-3-15-35(32,33)28-13-11-27(12-14-28)23-25-8-2-9-26-23/h2,4-9,18H,3,10-17H2,1H3,(H,24,31). The van der Waals surface area contributed by atoms with Gasteiger partial charge < -0.3 is 19.9 Å². The molecule has 2 fully saturated rings. The highest BCUT2D eigenvalue weighted by Crippen LogP contribution is 2.27. The molecule has 2 aliphatic heterocycles. The van der Waals surface area contributed by atoms with Crippen LogP contribution in [0.5, 0.6) is 5.75 Å². The molecule has 1 N–H and O–H groups in total. The van der Waals surface area contributed by atoms with E-state index in [-0.39, 0.29) is 30.5 Å². The van der Waals surface area contributed by atoms with E-state index in [1.54, 1.807) is 54.7 Å². The summed E-state index contributed by atoms with van der Waals surface area (Å²) in [5.74, 6) is 0.437. The van der Waals surface area contributed by atoms with Gasteiger partial charge >= 0.3 is 0 Å². The van der Waals surface area contributed by atoms with E-state index in [0.717, 1.165) is 5.69 Å². The molecular weight excluding hydrogens is 472 g/mol. The Morgan fingerprint density at radius 3 is 2.46 bits per heavy atom. The van der Waals surface area contributed by atoms with E-state index in [0.29, 0.717) is 50.8 Å². The lowest BCUT2D eigenvalue weighted by molar-refractivity contribution is -0.126. The number of amides is 2. The number of ether oxygens (including phenoxy) is 1. The molecule has 12 heteroatoms. The average Bonchev–Trinajstić information content (AvgIpc) is 3.29. The van der Waals surface area contributed by atoms with Crippen molar-refractivity contribution in [1.29, 1.82) is 0 Å². The number of sulfonamides is 1. The molecule has 1 aromatic heterocycles. The third-order valence-electron chi connectivity index (χ3n) is 6.23. The number of methoxy groups -OCH3 is 1. The molecule has 35 heavy (non-hydrogen) atoms. The maximum atomic E-state index is 12.7. The normalized spacial score (nSPS) is 19.1. The van der Waals surface area contributed by atoms with Crippen LogP contribution < -0.4 is 19.9 Å². The van der Waals surface area contributed by atoms with Gasteiger partial charge in [0.15, 0.2) is 0 Å². The molecule has 1 aromatic carbocycles. The van der Waals surface area contributed by atoms with Gasteiger partial charge in [-0.1, -0.05) is 0 Å². The summed E-state index contributed by atoms with van der Waals surface area (Å²) in [6.07, 6.45) is 3.76. The molecule has 0 saturated carbocycles. The zero-order chi connectivity index (χ0) is 24.8. The summed E-state index contributed by atoms with van der Waals surface area (Å²) in [5, 5.41) is 2.79. The number of carbonyl (C=O) groups is 2. The molecule has 0 aliphatic carbocycles. The number of hydrogen-bond donors (Lipinski definition) is 1. The van der Waals surface area contributed by atoms with E-state index >= 15 is 0 Å². The number of nitrogens with zero attached hydrogens (tertiary/aromatic N) is 5. The summed E-state index contributed by atoms with van der Waals surface area (Å²) in [7, 11) is -1.85. The SMILES string of the molecule is COc1ccc(N2CC(C(=O)NCCCS(=O)(=O)N3CCN(c4ncccn4)CC3)CC2=O)cc1. The summed E-state index contributed by atoms with van der Waals surface area (Å²) in [6, 6.07) is 8.85. The van der Waals surface area contributed by atoms with E-state index in [9.17, 15) is 18.0 Å². The van der Waals surface area contributed by atoms with Gasteiger partial charge in [-0.25, -0.2) is 18.4 Å². The molecule has 1 atom stereocenters. The Kier molecular flexibility index (Phi) is 7.81. The molecule has 2 aliphatic rings. The molecule has 0 spiro atoms. The number of aromatic nitrogens is 2. The topological polar surface area (TPSA) is 125 Å². The quantitative estimate of drug-likeness (QED) is 0.492. The van der Waals surface area contributed by atoms with Crippen molar-refractivity contribution in [3.05, 3.63) is 42.7 Å². The first kappa shape index (κ1) is 24.9. The summed E-state index contributed by atoms with van der Waals surface area (Å²) in [5.41, 5.74) is 0.719. The fourth-order valence-corrected chi connectivity index (χ4v) is 5.74. The highest BCUT2D eigenvalue weighted by Gasteiger charge is 2.35. The molecular formula is C23H30N6O5S. The first-order chi connectivity index (χ1) is 16.9. The van der Waals surface area contributed by atoms with Crippen molar-refractivity contribution in [3.63, 3.8) is 0 Å². The van der Waals surface area contributed by atoms with Crippen molar-refractivity contribution in [2.75, 3.05) is 61.9 Å². The second-order valence-corrected chi connectivity index (χ2v) is 10.6. The van der Waals surface area contributed by atoms with E-state index in [4.69, 9.17) is 4.74 Å². The summed E-state index contributed by atoms with van der Waals surface area (Å²) < 4.78 is 32.1. The minimum atomic E-state index is -3.42. The molecule has 1 unspecified atom stereocenters. The van der Waals surface area contributed by atoms with E-state index < -0.39 is 15.9 Å². The second-order valence-electron chi connectivity index (χ2n) is 8.50. The largest absolute Gasteiger partial charge is 0.497 e. The number of piperazine rings is 1. The number of anilines is 2. The number of hydrogen-bond acceptors (Lipinski definition) is 8. The van der Waals surface area contributed by atoms with E-state index in [1.165, 1.54) is 4.31 Å². The van der Waals surface area contributed by atoms with Crippen molar-refractivity contribution in [3.8, 4) is 5.75 Å². The fraction of sp³-hybridized carbons (Fsp3) is 0.478. The van der Waals surface area contributed by atoms with Crippen LogP contribution in [0.1, 0.15) is 12.8 Å². The van der Waals surface area contributed by atoms with Crippen molar-refractivity contribution >= 4 is 33.5 Å². The molecule has 188 valence electrons. The predicted octanol–water partition coefficient (Wildman–Crippen LogP) is 0.496. The van der Waals surface area contributed by atoms with Gasteiger partial charge in [0.1, 0.15) is 5.75 Å². The fourth-order valence-electron chi connectivity index (χ4n) is 4.26. The number of nitrogens with one attached hydrogen (secondary N) is 1. The van der Waals surface area contributed by atoms with Crippen molar-refractivity contribution < 1.29 is 22.7 Å². The molecule has 0 bridgehead atoms. The smallest absolute Gasteiger partial charge is 0.227 e. The lowest BCUT2D eigenvalue weighted by Gasteiger charge is -2.33. The van der Waals surface area contributed by atoms with Gasteiger partial charge in [0.25, 0.3) is 0 Å². The molecule has 4 rings (SSSR count). The van der Waals surface area contributed by atoms with Crippen LogP contribution in [0, 0.1) is 5.92 Å². The highest BCUT2D eigenvalue weighted by atomic mass is 32.2. The average molecular weight is 503 g/mol. The highest BCUT2D eigenvalue weighted by molar-refractivity contribution is 7.89. The van der Waals surface area contributed by atoms with Crippen molar-refractivity contribution in [2.24, 2.45) is 5.92 Å². The number of rotatable bonds is 9. The van der Waals surface area contributed by atoms with Crippen molar-refractivity contribution in [2.45, 2.75) is 12.8 Å². The minimum Gasteiger partial charge on any atom is -0.497 e. The molecule has 2 saturated heterocycles. The molecule has 0 radical (unpaired) electrons. The third kappa shape index (κ3) is 6.06. The maximum Gasteiger partial charge on any atom is 0.227 e. The van der Waals surface area contributed by atoms with Gasteiger partial charge in [0.05, 0.1) is 18.8 Å². The Labute approximate surface area is 205 Å². The van der Waals surface area contributed by atoms with Crippen LogP contribution in [0.4, 0.5) is 11.6 Å². The summed E-state index contributed by atoms with van der Waals surface area (Å²) >= 11 is 0. The van der Waals surface area contributed by atoms with Crippen LogP contribution in [0.3, 0.4) is 0 Å². The number of benzene rings is 1. The lowest BCUT2D eigenvalue weighted by Crippen LogP contribution is -2.50. The zero-order valence-electron chi connectivity index (χ0n) is 19.7. The van der Waals surface area contributed by atoms with Gasteiger partial charge in [0.2, 0.25) is 27.8 Å². The monoisotopic (exact) mass is 502 g/mol. The van der Waals surface area contributed by atoms with Crippen LogP contribution >= 0.6 is 0 Å². The van der Waals surface area contributed by atoms with E-state index in [1.807, 2.05) is 4.90 Å². The Morgan fingerprint density at radius 2 is 1.80 bits per heavy atom. The minimum absolute atomic E-state index is 0.0450. The Morgan fingerprint density at radius 1 is 1.11 bits per heavy atom. The zero-order valence-corrected chi connectivity index (χ0v) is 20.5. The Hall–Kier alpha value is -3.25. The van der Waals surface area contributed by atoms with Crippen LogP contribution in [-0.2, 0) is 19.6 Å².